The van der Waals surface area contributed by atoms with Crippen molar-refractivity contribution in [2.24, 2.45) is 5.73 Å². The highest BCUT2D eigenvalue weighted by Crippen LogP contribution is 2.23. The van der Waals surface area contributed by atoms with Crippen molar-refractivity contribution in [2.75, 3.05) is 11.9 Å². The normalized spacial score (nSPS) is 11.2. The van der Waals surface area contributed by atoms with Crippen LogP contribution in [0.5, 0.6) is 0 Å². The molecular formula is C13H15F3N2O3. The summed E-state index contributed by atoms with van der Waals surface area (Å²) in [5, 5.41) is 11.6. The molecule has 1 aromatic carbocycles. The third-order valence-electron chi connectivity index (χ3n) is 2.81. The summed E-state index contributed by atoms with van der Waals surface area (Å²) in [6.45, 7) is 1.45. The molecule has 1 amide bonds. The Labute approximate surface area is 118 Å². The first-order chi connectivity index (χ1) is 9.61. The molecule has 0 saturated carbocycles. The standard InChI is InChI=1S/C13H15F3N2O3/c1-7-5-9(11(17)19)10(6-8(7)12(20)21)18-4-2-3-13(14,15)16/h5-6,18H,2-4H2,1H3,(H2,17,19)(H,20,21). The number of nitrogens with one attached hydrogen (secondary N) is 1. The number of hydrogen-bond donors (Lipinski definition) is 3. The number of alkyl halides is 3. The molecule has 0 radical (unpaired) electrons. The summed E-state index contributed by atoms with van der Waals surface area (Å²) in [5.41, 5.74) is 5.64. The van der Waals surface area contributed by atoms with Gasteiger partial charge in [-0.2, -0.15) is 13.2 Å². The van der Waals surface area contributed by atoms with Crippen LogP contribution in [0.15, 0.2) is 12.1 Å². The Hall–Kier alpha value is -2.25. The third-order valence-corrected chi connectivity index (χ3v) is 2.81. The Morgan fingerprint density at radius 2 is 1.90 bits per heavy atom. The SMILES string of the molecule is Cc1cc(C(N)=O)c(NCCCC(F)(F)F)cc1C(=O)O. The number of aryl methyl sites for hydroxylation is 1. The predicted octanol–water partition coefficient (Wildman–Crippen LogP) is 2.55. The summed E-state index contributed by atoms with van der Waals surface area (Å²) in [4.78, 5) is 22.3. The number of nitrogens with two attached hydrogens (primary N) is 1. The van der Waals surface area contributed by atoms with E-state index in [1.54, 1.807) is 0 Å². The lowest BCUT2D eigenvalue weighted by atomic mass is 10.0. The monoisotopic (exact) mass is 304 g/mol. The van der Waals surface area contributed by atoms with E-state index in [0.717, 1.165) is 0 Å². The molecular weight excluding hydrogens is 289 g/mol. The lowest BCUT2D eigenvalue weighted by molar-refractivity contribution is -0.134. The van der Waals surface area contributed by atoms with Crippen molar-refractivity contribution < 1.29 is 27.9 Å². The number of rotatable bonds is 6. The average molecular weight is 304 g/mol. The van der Waals surface area contributed by atoms with Crippen LogP contribution in [0.4, 0.5) is 18.9 Å². The highest BCUT2D eigenvalue weighted by Gasteiger charge is 2.26. The first-order valence-electron chi connectivity index (χ1n) is 6.10. The lowest BCUT2D eigenvalue weighted by Crippen LogP contribution is -2.17. The van der Waals surface area contributed by atoms with Gasteiger partial charge in [-0.1, -0.05) is 0 Å². The van der Waals surface area contributed by atoms with Gasteiger partial charge in [-0.3, -0.25) is 4.79 Å². The molecule has 4 N–H and O–H groups in total. The number of carbonyl (C=O) groups excluding carboxylic acids is 1. The zero-order valence-electron chi connectivity index (χ0n) is 11.3. The number of anilines is 1. The third kappa shape index (κ3) is 4.97. The van der Waals surface area contributed by atoms with Crippen LogP contribution in [0.3, 0.4) is 0 Å². The Balaban J connectivity index is 2.91. The van der Waals surface area contributed by atoms with E-state index in [4.69, 9.17) is 10.8 Å². The maximum Gasteiger partial charge on any atom is 0.389 e. The van der Waals surface area contributed by atoms with Crippen molar-refractivity contribution >= 4 is 17.6 Å². The van der Waals surface area contributed by atoms with E-state index in [9.17, 15) is 22.8 Å². The van der Waals surface area contributed by atoms with Crippen LogP contribution in [0.2, 0.25) is 0 Å². The fourth-order valence-electron chi connectivity index (χ4n) is 1.80. The van der Waals surface area contributed by atoms with E-state index in [2.05, 4.69) is 5.32 Å². The smallest absolute Gasteiger partial charge is 0.389 e. The summed E-state index contributed by atoms with van der Waals surface area (Å²) >= 11 is 0. The number of carbonyl (C=O) groups is 2. The van der Waals surface area contributed by atoms with Gasteiger partial charge in [0.05, 0.1) is 11.1 Å². The number of carboxylic acid groups (broad SMARTS) is 1. The second-order valence-electron chi connectivity index (χ2n) is 4.53. The van der Waals surface area contributed by atoms with Gasteiger partial charge < -0.3 is 16.2 Å². The molecule has 0 spiro atoms. The molecule has 0 saturated heterocycles. The molecule has 1 rings (SSSR count). The van der Waals surface area contributed by atoms with Crippen LogP contribution in [0.25, 0.3) is 0 Å². The predicted molar refractivity (Wildman–Crippen MR) is 70.4 cm³/mol. The molecule has 0 fully saturated rings. The van der Waals surface area contributed by atoms with Crippen LogP contribution in [0, 0.1) is 6.92 Å². The molecule has 1 aromatic rings. The highest BCUT2D eigenvalue weighted by molar-refractivity contribution is 6.01. The molecule has 0 aliphatic carbocycles. The molecule has 0 aromatic heterocycles. The second kappa shape index (κ2) is 6.47. The molecule has 0 heterocycles. The van der Waals surface area contributed by atoms with Crippen molar-refractivity contribution in [1.29, 1.82) is 0 Å². The quantitative estimate of drug-likeness (QED) is 0.704. The van der Waals surface area contributed by atoms with Crippen LogP contribution in [0.1, 0.15) is 39.1 Å². The van der Waals surface area contributed by atoms with Gasteiger partial charge in [0, 0.05) is 18.7 Å². The van der Waals surface area contributed by atoms with Crippen LogP contribution < -0.4 is 11.1 Å². The maximum atomic E-state index is 12.0. The van der Waals surface area contributed by atoms with Gasteiger partial charge in [0.15, 0.2) is 0 Å². The van der Waals surface area contributed by atoms with Gasteiger partial charge in [-0.15, -0.1) is 0 Å². The largest absolute Gasteiger partial charge is 0.478 e. The van der Waals surface area contributed by atoms with E-state index >= 15 is 0 Å². The molecule has 0 atom stereocenters. The molecule has 0 bridgehead atoms. The van der Waals surface area contributed by atoms with Gasteiger partial charge in [-0.05, 0) is 31.0 Å². The molecule has 21 heavy (non-hydrogen) atoms. The number of aromatic carboxylic acids is 1. The minimum atomic E-state index is -4.26. The number of halogens is 3. The molecule has 5 nitrogen and oxygen atoms in total. The maximum absolute atomic E-state index is 12.0. The molecule has 0 aliphatic rings. The number of benzene rings is 1. The van der Waals surface area contributed by atoms with Gasteiger partial charge >= 0.3 is 12.1 Å². The Morgan fingerprint density at radius 3 is 2.38 bits per heavy atom. The molecule has 0 aliphatic heterocycles. The Kier molecular flexibility index (Phi) is 5.17. The second-order valence-corrected chi connectivity index (χ2v) is 4.53. The first-order valence-corrected chi connectivity index (χ1v) is 6.10. The molecule has 8 heteroatoms. The Morgan fingerprint density at radius 1 is 1.29 bits per heavy atom. The summed E-state index contributed by atoms with van der Waals surface area (Å²) in [7, 11) is 0. The highest BCUT2D eigenvalue weighted by atomic mass is 19.4. The fraction of sp³-hybridized carbons (Fsp3) is 0.385. The molecule has 0 unspecified atom stereocenters. The topological polar surface area (TPSA) is 92.4 Å². The van der Waals surface area contributed by atoms with Crippen LogP contribution in [-0.2, 0) is 0 Å². The first kappa shape index (κ1) is 16.8. The van der Waals surface area contributed by atoms with Gasteiger partial charge in [0.25, 0.3) is 5.91 Å². The number of primary amides is 1. The summed E-state index contributed by atoms with van der Waals surface area (Å²) in [6.07, 6.45) is -5.42. The van der Waals surface area contributed by atoms with Crippen molar-refractivity contribution in [2.45, 2.75) is 25.9 Å². The number of hydrogen-bond acceptors (Lipinski definition) is 3. The minimum Gasteiger partial charge on any atom is -0.478 e. The Bertz CT molecular complexity index is 556. The van der Waals surface area contributed by atoms with Crippen molar-refractivity contribution in [1.82, 2.24) is 0 Å². The zero-order chi connectivity index (χ0) is 16.2. The van der Waals surface area contributed by atoms with E-state index in [0.29, 0.717) is 5.56 Å². The van der Waals surface area contributed by atoms with Gasteiger partial charge in [-0.25, -0.2) is 4.79 Å². The number of amides is 1. The minimum absolute atomic E-state index is 0.0432. The van der Waals surface area contributed by atoms with Gasteiger partial charge in [0.1, 0.15) is 0 Å². The van der Waals surface area contributed by atoms with Crippen molar-refractivity contribution in [3.8, 4) is 0 Å². The van der Waals surface area contributed by atoms with Crippen molar-refractivity contribution in [3.63, 3.8) is 0 Å². The van der Waals surface area contributed by atoms with E-state index in [1.807, 2.05) is 0 Å². The van der Waals surface area contributed by atoms with Crippen molar-refractivity contribution in [3.05, 3.63) is 28.8 Å². The number of carboxylic acids is 1. The summed E-state index contributed by atoms with van der Waals surface area (Å²) in [5.74, 6) is -1.98. The van der Waals surface area contributed by atoms with Crippen LogP contribution in [-0.4, -0.2) is 29.7 Å². The summed E-state index contributed by atoms with van der Waals surface area (Å²) < 4.78 is 36.1. The zero-order valence-corrected chi connectivity index (χ0v) is 11.3. The lowest BCUT2D eigenvalue weighted by Gasteiger charge is -2.13. The fourth-order valence-corrected chi connectivity index (χ4v) is 1.80. The van der Waals surface area contributed by atoms with E-state index in [1.165, 1.54) is 19.1 Å². The van der Waals surface area contributed by atoms with E-state index < -0.39 is 24.5 Å². The summed E-state index contributed by atoms with van der Waals surface area (Å²) in [6, 6.07) is 2.50. The van der Waals surface area contributed by atoms with E-state index in [-0.39, 0.29) is 29.8 Å². The van der Waals surface area contributed by atoms with Gasteiger partial charge in [0.2, 0.25) is 0 Å². The van der Waals surface area contributed by atoms with Crippen LogP contribution >= 0.6 is 0 Å². The average Bonchev–Trinajstić information content (AvgIpc) is 2.33. The molecule has 116 valence electrons.